The maximum Gasteiger partial charge on any atom is 0.319 e. The fraction of sp³-hybridized carbons (Fsp3) is 0.407. The van der Waals surface area contributed by atoms with Gasteiger partial charge in [-0.15, -0.1) is 0 Å². The first-order chi connectivity index (χ1) is 18.2. The van der Waals surface area contributed by atoms with Crippen molar-refractivity contribution in [2.45, 2.75) is 44.5 Å². The van der Waals surface area contributed by atoms with Crippen molar-refractivity contribution in [1.82, 2.24) is 20.4 Å². The Labute approximate surface area is 226 Å². The molecule has 4 amide bonds. The number of halogens is 1. The zero-order valence-corrected chi connectivity index (χ0v) is 22.2. The van der Waals surface area contributed by atoms with Gasteiger partial charge >= 0.3 is 6.03 Å². The van der Waals surface area contributed by atoms with Crippen LogP contribution in [0.5, 0.6) is 5.75 Å². The predicted octanol–water partition coefficient (Wildman–Crippen LogP) is 2.79. The largest absolute Gasteiger partial charge is 0.489 e. The SMILES string of the molecule is CN1CCC(Oc2cc(Cl)cc(NC(=O)NCc3ccc(CN(C)C4CCC(=O)NC4=O)c(C=O)c3)c2)C1. The molecule has 10 nitrogen and oxygen atoms in total. The first kappa shape index (κ1) is 27.6. The number of nitrogens with one attached hydrogen (secondary N) is 3. The van der Waals surface area contributed by atoms with Crippen molar-refractivity contribution in [3.8, 4) is 5.75 Å². The molecule has 38 heavy (non-hydrogen) atoms. The first-order valence-corrected chi connectivity index (χ1v) is 12.9. The number of likely N-dealkylation sites (N-methyl/N-ethyl adjacent to an activating group) is 2. The van der Waals surface area contributed by atoms with Gasteiger partial charge in [0.2, 0.25) is 11.8 Å². The number of carbonyl (C=O) groups excluding carboxylic acids is 4. The Bertz CT molecular complexity index is 1220. The molecule has 2 aromatic carbocycles. The number of ether oxygens (including phenoxy) is 1. The third-order valence-electron chi connectivity index (χ3n) is 6.73. The number of amides is 4. The third-order valence-corrected chi connectivity index (χ3v) is 6.95. The molecule has 2 heterocycles. The smallest absolute Gasteiger partial charge is 0.319 e. The van der Waals surface area contributed by atoms with E-state index in [1.807, 2.05) is 24.1 Å². The van der Waals surface area contributed by atoms with E-state index in [4.69, 9.17) is 16.3 Å². The number of hydrogen-bond acceptors (Lipinski definition) is 7. The maximum absolute atomic E-state index is 12.5. The van der Waals surface area contributed by atoms with Gasteiger partial charge in [0.1, 0.15) is 18.1 Å². The van der Waals surface area contributed by atoms with Crippen LogP contribution in [-0.4, -0.2) is 73.3 Å². The lowest BCUT2D eigenvalue weighted by Crippen LogP contribution is -2.51. The van der Waals surface area contributed by atoms with Crippen molar-refractivity contribution in [3.63, 3.8) is 0 Å². The lowest BCUT2D eigenvalue weighted by Gasteiger charge is -2.30. The van der Waals surface area contributed by atoms with E-state index in [0.717, 1.165) is 36.9 Å². The van der Waals surface area contributed by atoms with E-state index in [1.54, 1.807) is 31.3 Å². The predicted molar refractivity (Wildman–Crippen MR) is 143 cm³/mol. The summed E-state index contributed by atoms with van der Waals surface area (Å²) < 4.78 is 6.02. The molecule has 2 atom stereocenters. The molecular weight excluding hydrogens is 510 g/mol. The number of aldehydes is 1. The van der Waals surface area contributed by atoms with E-state index in [-0.39, 0.29) is 30.9 Å². The number of imide groups is 1. The van der Waals surface area contributed by atoms with Gasteiger partial charge in [-0.05, 0) is 56.3 Å². The van der Waals surface area contributed by atoms with Gasteiger partial charge in [0.05, 0.1) is 6.04 Å². The van der Waals surface area contributed by atoms with Crippen LogP contribution in [0, 0.1) is 0 Å². The number of benzene rings is 2. The molecule has 0 radical (unpaired) electrons. The van der Waals surface area contributed by atoms with Gasteiger partial charge in [0.25, 0.3) is 0 Å². The second-order valence-corrected chi connectivity index (χ2v) is 10.2. The number of rotatable bonds is 9. The Kier molecular flexibility index (Phi) is 8.98. The van der Waals surface area contributed by atoms with Crippen LogP contribution in [0.2, 0.25) is 5.02 Å². The molecule has 4 rings (SSSR count). The van der Waals surface area contributed by atoms with Gasteiger partial charge in [-0.2, -0.15) is 0 Å². The summed E-state index contributed by atoms with van der Waals surface area (Å²) in [7, 11) is 3.83. The average Bonchev–Trinajstić information content (AvgIpc) is 3.27. The van der Waals surface area contributed by atoms with E-state index < -0.39 is 12.1 Å². The van der Waals surface area contributed by atoms with Gasteiger partial charge in [-0.3, -0.25) is 24.6 Å². The number of hydrogen-bond donors (Lipinski definition) is 3. The summed E-state index contributed by atoms with van der Waals surface area (Å²) in [5.74, 6) is 0.00436. The molecule has 0 aromatic heterocycles. The molecule has 0 spiro atoms. The second kappa shape index (κ2) is 12.4. The molecule has 202 valence electrons. The Balaban J connectivity index is 1.32. The first-order valence-electron chi connectivity index (χ1n) is 12.5. The van der Waals surface area contributed by atoms with Crippen LogP contribution in [0.15, 0.2) is 36.4 Å². The van der Waals surface area contributed by atoms with E-state index in [0.29, 0.717) is 35.0 Å². The highest BCUT2D eigenvalue weighted by Crippen LogP contribution is 2.27. The second-order valence-electron chi connectivity index (χ2n) is 9.81. The zero-order chi connectivity index (χ0) is 27.2. The molecule has 2 aliphatic rings. The van der Waals surface area contributed by atoms with Crippen molar-refractivity contribution >= 4 is 41.4 Å². The minimum atomic E-state index is -0.436. The Morgan fingerprint density at radius 1 is 1.24 bits per heavy atom. The molecule has 2 saturated heterocycles. The van der Waals surface area contributed by atoms with E-state index in [2.05, 4.69) is 20.9 Å². The van der Waals surface area contributed by atoms with Crippen LogP contribution >= 0.6 is 11.6 Å². The minimum Gasteiger partial charge on any atom is -0.489 e. The highest BCUT2D eigenvalue weighted by molar-refractivity contribution is 6.31. The van der Waals surface area contributed by atoms with Gasteiger partial charge in [0.15, 0.2) is 0 Å². The molecule has 11 heteroatoms. The molecule has 2 unspecified atom stereocenters. The number of urea groups is 1. The lowest BCUT2D eigenvalue weighted by molar-refractivity contribution is -0.137. The van der Waals surface area contributed by atoms with Crippen LogP contribution < -0.4 is 20.7 Å². The van der Waals surface area contributed by atoms with Gasteiger partial charge in [0, 0.05) is 54.9 Å². The van der Waals surface area contributed by atoms with E-state index >= 15 is 0 Å². The molecule has 2 fully saturated rings. The van der Waals surface area contributed by atoms with Crippen molar-refractivity contribution < 1.29 is 23.9 Å². The molecule has 2 aliphatic heterocycles. The van der Waals surface area contributed by atoms with Gasteiger partial charge in [-0.25, -0.2) is 4.79 Å². The summed E-state index contributed by atoms with van der Waals surface area (Å²) in [6.45, 7) is 2.38. The fourth-order valence-electron chi connectivity index (χ4n) is 4.73. The van der Waals surface area contributed by atoms with Gasteiger partial charge < -0.3 is 20.3 Å². The average molecular weight is 542 g/mol. The standard InChI is InChI=1S/C27H32ClN5O5/c1-32-8-7-22(15-32)38-23-11-20(28)10-21(12-23)30-27(37)29-13-17-3-4-18(19(9-17)16-34)14-33(2)24-5-6-25(35)31-26(24)36/h3-4,9-12,16,22,24H,5-8,13-15H2,1-2H3,(H2,29,30,37)(H,31,35,36). The van der Waals surface area contributed by atoms with Crippen LogP contribution in [-0.2, 0) is 22.7 Å². The molecule has 0 aliphatic carbocycles. The van der Waals surface area contributed by atoms with E-state index in [1.165, 1.54) is 0 Å². The van der Waals surface area contributed by atoms with Crippen molar-refractivity contribution in [3.05, 3.63) is 58.1 Å². The summed E-state index contributed by atoms with van der Waals surface area (Å²) in [4.78, 5) is 51.9. The number of piperidine rings is 1. The van der Waals surface area contributed by atoms with E-state index in [9.17, 15) is 19.2 Å². The van der Waals surface area contributed by atoms with Crippen LogP contribution in [0.3, 0.4) is 0 Å². The highest BCUT2D eigenvalue weighted by Gasteiger charge is 2.30. The molecule has 3 N–H and O–H groups in total. The van der Waals surface area contributed by atoms with Crippen LogP contribution in [0.1, 0.15) is 40.7 Å². The summed E-state index contributed by atoms with van der Waals surface area (Å²) in [5.41, 5.74) is 2.48. The third kappa shape index (κ3) is 7.31. The fourth-order valence-corrected chi connectivity index (χ4v) is 4.96. The number of carbonyl (C=O) groups is 4. The molecular formula is C27H32ClN5O5. The number of nitrogens with zero attached hydrogens (tertiary/aromatic N) is 2. The molecule has 0 saturated carbocycles. The quantitative estimate of drug-likeness (QED) is 0.330. The summed E-state index contributed by atoms with van der Waals surface area (Å²) in [6.07, 6.45) is 2.50. The number of likely N-dealkylation sites (tertiary alicyclic amines) is 1. The van der Waals surface area contributed by atoms with Gasteiger partial charge in [-0.1, -0.05) is 23.7 Å². The normalized spacial score (nSPS) is 19.8. The zero-order valence-electron chi connectivity index (χ0n) is 21.5. The summed E-state index contributed by atoms with van der Waals surface area (Å²) in [5, 5.41) is 8.37. The lowest BCUT2D eigenvalue weighted by atomic mass is 10.0. The topological polar surface area (TPSA) is 120 Å². The monoisotopic (exact) mass is 541 g/mol. The van der Waals surface area contributed by atoms with Crippen molar-refractivity contribution in [2.75, 3.05) is 32.5 Å². The Morgan fingerprint density at radius 3 is 2.76 bits per heavy atom. The molecule has 2 aromatic rings. The van der Waals surface area contributed by atoms with Crippen molar-refractivity contribution in [2.24, 2.45) is 0 Å². The van der Waals surface area contributed by atoms with Crippen LogP contribution in [0.4, 0.5) is 10.5 Å². The Hall–Kier alpha value is -3.47. The Morgan fingerprint density at radius 2 is 2.05 bits per heavy atom. The summed E-state index contributed by atoms with van der Waals surface area (Å²) in [6, 6.07) is 9.60. The summed E-state index contributed by atoms with van der Waals surface area (Å²) >= 11 is 6.23. The van der Waals surface area contributed by atoms with Crippen LogP contribution in [0.25, 0.3) is 0 Å². The molecule has 0 bridgehead atoms. The minimum absolute atomic E-state index is 0.0824. The maximum atomic E-state index is 12.5. The van der Waals surface area contributed by atoms with Crippen molar-refractivity contribution in [1.29, 1.82) is 0 Å². The number of anilines is 1. The highest BCUT2D eigenvalue weighted by atomic mass is 35.5.